The zero-order valence-electron chi connectivity index (χ0n) is 9.90. The number of halogens is 3. The molecular weight excluding hydrogens is 275 g/mol. The first-order valence-electron chi connectivity index (χ1n) is 5.33. The van der Waals surface area contributed by atoms with Crippen LogP contribution < -0.4 is 5.43 Å². The van der Waals surface area contributed by atoms with Gasteiger partial charge >= 0.3 is 6.18 Å². The van der Waals surface area contributed by atoms with Crippen molar-refractivity contribution in [2.45, 2.75) is 13.1 Å². The second-order valence-electron chi connectivity index (χ2n) is 3.77. The van der Waals surface area contributed by atoms with Crippen LogP contribution in [0.25, 0.3) is 0 Å². The number of hydrazone groups is 1. The van der Waals surface area contributed by atoms with Crippen molar-refractivity contribution in [2.75, 3.05) is 5.43 Å². The van der Waals surface area contributed by atoms with Gasteiger partial charge in [0.05, 0.1) is 11.8 Å². The molecule has 0 unspecified atom stereocenters. The first-order valence-corrected chi connectivity index (χ1v) is 6.21. The van der Waals surface area contributed by atoms with Gasteiger partial charge in [0, 0.05) is 11.1 Å². The third-order valence-corrected chi connectivity index (χ3v) is 3.31. The SMILES string of the molecule is Cc1ccsc1/C=N/Nc1ccc(C(F)(F)F)cn1. The van der Waals surface area contributed by atoms with E-state index >= 15 is 0 Å². The highest BCUT2D eigenvalue weighted by atomic mass is 32.1. The summed E-state index contributed by atoms with van der Waals surface area (Å²) in [6.45, 7) is 1.95. The van der Waals surface area contributed by atoms with E-state index in [1.54, 1.807) is 6.21 Å². The molecule has 0 fully saturated rings. The first-order chi connectivity index (χ1) is 8.97. The summed E-state index contributed by atoms with van der Waals surface area (Å²) < 4.78 is 36.9. The van der Waals surface area contributed by atoms with Crippen molar-refractivity contribution < 1.29 is 13.2 Å². The van der Waals surface area contributed by atoms with Crippen LogP contribution in [0, 0.1) is 6.92 Å². The summed E-state index contributed by atoms with van der Waals surface area (Å²) in [5, 5.41) is 5.87. The molecule has 2 aromatic rings. The van der Waals surface area contributed by atoms with Crippen LogP contribution in [-0.4, -0.2) is 11.2 Å². The van der Waals surface area contributed by atoms with Gasteiger partial charge in [0.2, 0.25) is 0 Å². The van der Waals surface area contributed by atoms with Crippen LogP contribution in [0.4, 0.5) is 19.0 Å². The molecular formula is C12H10F3N3S. The monoisotopic (exact) mass is 285 g/mol. The number of nitrogens with one attached hydrogen (secondary N) is 1. The van der Waals surface area contributed by atoms with Gasteiger partial charge in [0.1, 0.15) is 5.82 Å². The Morgan fingerprint density at radius 1 is 1.32 bits per heavy atom. The van der Waals surface area contributed by atoms with Crippen LogP contribution in [0.5, 0.6) is 0 Å². The number of anilines is 1. The molecule has 2 aromatic heterocycles. The molecule has 19 heavy (non-hydrogen) atoms. The second kappa shape index (κ2) is 5.40. The molecule has 2 rings (SSSR count). The molecule has 1 N–H and O–H groups in total. The van der Waals surface area contributed by atoms with E-state index in [1.165, 1.54) is 17.4 Å². The molecule has 0 bridgehead atoms. The molecule has 0 spiro atoms. The average molecular weight is 285 g/mol. The fraction of sp³-hybridized carbons (Fsp3) is 0.167. The lowest BCUT2D eigenvalue weighted by Crippen LogP contribution is -2.05. The predicted molar refractivity (Wildman–Crippen MR) is 69.5 cm³/mol. The highest BCUT2D eigenvalue weighted by Crippen LogP contribution is 2.28. The lowest BCUT2D eigenvalue weighted by Gasteiger charge is -2.06. The molecule has 0 amide bonds. The molecule has 0 aromatic carbocycles. The van der Waals surface area contributed by atoms with E-state index in [4.69, 9.17) is 0 Å². The minimum atomic E-state index is -4.37. The smallest absolute Gasteiger partial charge is 0.261 e. The molecule has 0 atom stereocenters. The van der Waals surface area contributed by atoms with E-state index in [-0.39, 0.29) is 5.82 Å². The highest BCUT2D eigenvalue weighted by Gasteiger charge is 2.30. The zero-order chi connectivity index (χ0) is 13.9. The molecule has 2 heterocycles. The minimum Gasteiger partial charge on any atom is -0.261 e. The molecule has 0 saturated heterocycles. The summed E-state index contributed by atoms with van der Waals surface area (Å²) in [6.07, 6.45) is -1.99. The Labute approximate surface area is 111 Å². The fourth-order valence-corrected chi connectivity index (χ4v) is 2.09. The maximum atomic E-state index is 12.3. The fourth-order valence-electron chi connectivity index (χ4n) is 1.30. The maximum absolute atomic E-state index is 12.3. The lowest BCUT2D eigenvalue weighted by atomic mass is 10.3. The van der Waals surface area contributed by atoms with E-state index in [0.717, 1.165) is 22.7 Å². The van der Waals surface area contributed by atoms with Crippen LogP contribution in [0.15, 0.2) is 34.9 Å². The van der Waals surface area contributed by atoms with E-state index in [2.05, 4.69) is 15.5 Å². The Hall–Kier alpha value is -1.89. The molecule has 0 saturated carbocycles. The molecule has 0 aliphatic carbocycles. The van der Waals surface area contributed by atoms with Crippen LogP contribution in [0.3, 0.4) is 0 Å². The van der Waals surface area contributed by atoms with Crippen molar-refractivity contribution in [2.24, 2.45) is 5.10 Å². The number of rotatable bonds is 3. The third kappa shape index (κ3) is 3.54. The van der Waals surface area contributed by atoms with E-state index in [1.807, 2.05) is 18.4 Å². The van der Waals surface area contributed by atoms with Crippen molar-refractivity contribution in [3.63, 3.8) is 0 Å². The van der Waals surface area contributed by atoms with Crippen LogP contribution >= 0.6 is 11.3 Å². The van der Waals surface area contributed by atoms with Gasteiger partial charge < -0.3 is 0 Å². The van der Waals surface area contributed by atoms with Gasteiger partial charge in [-0.15, -0.1) is 11.3 Å². The number of aromatic nitrogens is 1. The summed E-state index contributed by atoms with van der Waals surface area (Å²) in [5.74, 6) is 0.262. The third-order valence-electron chi connectivity index (χ3n) is 2.35. The van der Waals surface area contributed by atoms with Gasteiger partial charge in [-0.05, 0) is 36.1 Å². The van der Waals surface area contributed by atoms with Gasteiger partial charge in [0.15, 0.2) is 0 Å². The number of aryl methyl sites for hydroxylation is 1. The number of pyridine rings is 1. The van der Waals surface area contributed by atoms with Gasteiger partial charge in [-0.25, -0.2) is 4.98 Å². The van der Waals surface area contributed by atoms with Gasteiger partial charge in [-0.3, -0.25) is 5.43 Å². The molecule has 3 nitrogen and oxygen atoms in total. The Bertz CT molecular complexity index is 573. The summed E-state index contributed by atoms with van der Waals surface area (Å²) in [4.78, 5) is 4.63. The van der Waals surface area contributed by atoms with E-state index in [0.29, 0.717) is 0 Å². The maximum Gasteiger partial charge on any atom is 0.417 e. The summed E-state index contributed by atoms with van der Waals surface area (Å²) in [5.41, 5.74) is 2.90. The minimum absolute atomic E-state index is 0.262. The normalized spacial score (nSPS) is 12.0. The Kier molecular flexibility index (Phi) is 3.84. The van der Waals surface area contributed by atoms with Crippen LogP contribution in [-0.2, 0) is 6.18 Å². The van der Waals surface area contributed by atoms with Gasteiger partial charge in [-0.1, -0.05) is 0 Å². The predicted octanol–water partition coefficient (Wildman–Crippen LogP) is 3.92. The number of thiophene rings is 1. The Morgan fingerprint density at radius 2 is 2.11 bits per heavy atom. The van der Waals surface area contributed by atoms with Crippen molar-refractivity contribution in [3.8, 4) is 0 Å². The average Bonchev–Trinajstić information content (AvgIpc) is 2.75. The first kappa shape index (κ1) is 13.5. The Morgan fingerprint density at radius 3 is 2.63 bits per heavy atom. The van der Waals surface area contributed by atoms with E-state index < -0.39 is 11.7 Å². The van der Waals surface area contributed by atoms with Crippen molar-refractivity contribution in [3.05, 3.63) is 45.8 Å². The van der Waals surface area contributed by atoms with Gasteiger partial charge in [-0.2, -0.15) is 18.3 Å². The van der Waals surface area contributed by atoms with E-state index in [9.17, 15) is 13.2 Å². The highest BCUT2D eigenvalue weighted by molar-refractivity contribution is 7.11. The number of hydrogen-bond acceptors (Lipinski definition) is 4. The van der Waals surface area contributed by atoms with Crippen molar-refractivity contribution >= 4 is 23.4 Å². The lowest BCUT2D eigenvalue weighted by molar-refractivity contribution is -0.137. The van der Waals surface area contributed by atoms with Crippen molar-refractivity contribution in [1.82, 2.24) is 4.98 Å². The molecule has 100 valence electrons. The number of alkyl halides is 3. The summed E-state index contributed by atoms with van der Waals surface area (Å²) >= 11 is 1.53. The second-order valence-corrected chi connectivity index (χ2v) is 4.72. The van der Waals surface area contributed by atoms with Crippen LogP contribution in [0.1, 0.15) is 16.0 Å². The molecule has 7 heteroatoms. The molecule has 0 radical (unpaired) electrons. The number of hydrogen-bond donors (Lipinski definition) is 1. The number of nitrogens with zero attached hydrogens (tertiary/aromatic N) is 2. The molecule has 0 aliphatic heterocycles. The largest absolute Gasteiger partial charge is 0.417 e. The summed E-state index contributed by atoms with van der Waals surface area (Å²) in [6, 6.07) is 4.16. The zero-order valence-corrected chi connectivity index (χ0v) is 10.7. The van der Waals surface area contributed by atoms with Crippen LogP contribution in [0.2, 0.25) is 0 Å². The summed E-state index contributed by atoms with van der Waals surface area (Å²) in [7, 11) is 0. The Balaban J connectivity index is 2.01. The standard InChI is InChI=1S/C12H10F3N3S/c1-8-4-5-19-10(8)7-17-18-11-3-2-9(6-16-11)12(13,14)15/h2-7H,1H3,(H,16,18)/b17-7+. The quantitative estimate of drug-likeness (QED) is 0.685. The topological polar surface area (TPSA) is 37.3 Å². The van der Waals surface area contributed by atoms with Crippen molar-refractivity contribution in [1.29, 1.82) is 0 Å². The molecule has 0 aliphatic rings. The van der Waals surface area contributed by atoms with Gasteiger partial charge in [0.25, 0.3) is 0 Å².